The maximum Gasteiger partial charge on any atom is 0.251 e. The van der Waals surface area contributed by atoms with Gasteiger partial charge in [0.15, 0.2) is 0 Å². The van der Waals surface area contributed by atoms with Gasteiger partial charge in [0, 0.05) is 41.6 Å². The van der Waals surface area contributed by atoms with E-state index in [9.17, 15) is 4.79 Å². The Morgan fingerprint density at radius 1 is 0.919 bits per heavy atom. The molecule has 1 N–H and O–H groups in total. The van der Waals surface area contributed by atoms with Crippen LogP contribution in [0.4, 0.5) is 5.69 Å². The number of hydrogen-bond donors (Lipinski definition) is 1. The van der Waals surface area contributed by atoms with E-state index in [1.54, 1.807) is 0 Å². The van der Waals surface area contributed by atoms with E-state index in [-0.39, 0.29) is 5.91 Å². The standard InChI is InChI=1S/C32H36N2O3/c1-23-4-8-25(9-5-23)26-10-13-31-28(20-26)21-27(14-19-37-31)32(35)33-29-11-6-24(7-12-29)22-34(2,3)30-15-17-36-18-16-30/h4-13,20-21,30H,14-19,22H2,1-3H3/p+1. The van der Waals surface area contributed by atoms with E-state index in [1.165, 1.54) is 11.1 Å². The van der Waals surface area contributed by atoms with Crippen LogP contribution < -0.4 is 10.1 Å². The van der Waals surface area contributed by atoms with Gasteiger partial charge in [-0.3, -0.25) is 4.79 Å². The lowest BCUT2D eigenvalue weighted by Crippen LogP contribution is -2.50. The smallest absolute Gasteiger partial charge is 0.251 e. The molecule has 1 fully saturated rings. The molecule has 5 nitrogen and oxygen atoms in total. The van der Waals surface area contributed by atoms with E-state index in [0.29, 0.717) is 19.1 Å². The van der Waals surface area contributed by atoms with Crippen molar-refractivity contribution in [3.63, 3.8) is 0 Å². The number of rotatable bonds is 6. The number of amides is 1. The van der Waals surface area contributed by atoms with Crippen LogP contribution in [0.3, 0.4) is 0 Å². The number of ether oxygens (including phenoxy) is 2. The number of nitrogens with zero attached hydrogens (tertiary/aromatic N) is 1. The zero-order valence-corrected chi connectivity index (χ0v) is 22.1. The highest BCUT2D eigenvalue weighted by Crippen LogP contribution is 2.31. The second-order valence-corrected chi connectivity index (χ2v) is 10.8. The van der Waals surface area contributed by atoms with Gasteiger partial charge >= 0.3 is 0 Å². The third-order valence-electron chi connectivity index (χ3n) is 7.63. The van der Waals surface area contributed by atoms with Crippen molar-refractivity contribution in [1.82, 2.24) is 0 Å². The van der Waals surface area contributed by atoms with Crippen molar-refractivity contribution in [2.24, 2.45) is 0 Å². The summed E-state index contributed by atoms with van der Waals surface area (Å²) in [5.74, 6) is 0.733. The van der Waals surface area contributed by atoms with E-state index in [4.69, 9.17) is 9.47 Å². The lowest BCUT2D eigenvalue weighted by molar-refractivity contribution is -0.929. The molecule has 0 saturated carbocycles. The molecular weight excluding hydrogens is 460 g/mol. The maximum atomic E-state index is 13.2. The number of carbonyl (C=O) groups excluding carboxylic acids is 1. The summed E-state index contributed by atoms with van der Waals surface area (Å²) >= 11 is 0. The van der Waals surface area contributed by atoms with Crippen molar-refractivity contribution in [2.45, 2.75) is 38.8 Å². The first-order valence-corrected chi connectivity index (χ1v) is 13.2. The Morgan fingerprint density at radius 3 is 2.35 bits per heavy atom. The molecule has 5 heteroatoms. The average Bonchev–Trinajstić information content (AvgIpc) is 3.13. The fraction of sp³-hybridized carbons (Fsp3) is 0.344. The molecule has 192 valence electrons. The quantitative estimate of drug-likeness (QED) is 0.411. The zero-order chi connectivity index (χ0) is 25.8. The highest BCUT2D eigenvalue weighted by molar-refractivity contribution is 6.07. The van der Waals surface area contributed by atoms with Crippen LogP contribution in [0.15, 0.2) is 72.3 Å². The Hall–Kier alpha value is -3.41. The summed E-state index contributed by atoms with van der Waals surface area (Å²) in [7, 11) is 4.60. The summed E-state index contributed by atoms with van der Waals surface area (Å²) in [5, 5.41) is 3.09. The number of fused-ring (bicyclic) bond motifs is 1. The molecule has 37 heavy (non-hydrogen) atoms. The molecular formula is C32H37N2O3+. The van der Waals surface area contributed by atoms with E-state index in [1.807, 2.05) is 24.3 Å². The highest BCUT2D eigenvalue weighted by Gasteiger charge is 2.30. The average molecular weight is 498 g/mol. The molecule has 0 unspecified atom stereocenters. The number of hydrogen-bond acceptors (Lipinski definition) is 3. The molecule has 1 amide bonds. The van der Waals surface area contributed by atoms with E-state index in [0.717, 1.165) is 70.8 Å². The molecule has 1 saturated heterocycles. The SMILES string of the molecule is Cc1ccc(-c2ccc3c(c2)C=C(C(=O)Nc2ccc(C[N+](C)(C)C4CCOCC4)cc2)CCO3)cc1. The van der Waals surface area contributed by atoms with Crippen molar-refractivity contribution >= 4 is 17.7 Å². The molecule has 2 aliphatic rings. The van der Waals surface area contributed by atoms with Gasteiger partial charge in [0.05, 0.1) is 40.0 Å². The van der Waals surface area contributed by atoms with Gasteiger partial charge in [-0.05, 0) is 48.4 Å². The number of benzene rings is 3. The monoisotopic (exact) mass is 497 g/mol. The minimum absolute atomic E-state index is 0.0803. The Balaban J connectivity index is 1.27. The maximum absolute atomic E-state index is 13.2. The largest absolute Gasteiger partial charge is 0.493 e. The lowest BCUT2D eigenvalue weighted by atomic mass is 10.00. The molecule has 0 spiro atoms. The second kappa shape index (κ2) is 10.9. The molecule has 3 aromatic carbocycles. The van der Waals surface area contributed by atoms with Gasteiger partial charge in [0.1, 0.15) is 12.3 Å². The number of carbonyl (C=O) groups is 1. The van der Waals surface area contributed by atoms with Crippen molar-refractivity contribution in [2.75, 3.05) is 39.2 Å². The topological polar surface area (TPSA) is 47.6 Å². The molecule has 2 aliphatic heterocycles. The number of anilines is 1. The van der Waals surface area contributed by atoms with Crippen LogP contribution in [0, 0.1) is 6.92 Å². The first-order chi connectivity index (χ1) is 17.9. The fourth-order valence-corrected chi connectivity index (χ4v) is 5.32. The minimum Gasteiger partial charge on any atom is -0.493 e. The Bertz CT molecular complexity index is 1270. The Morgan fingerprint density at radius 2 is 1.62 bits per heavy atom. The van der Waals surface area contributed by atoms with Crippen LogP contribution in [0.5, 0.6) is 5.75 Å². The van der Waals surface area contributed by atoms with Crippen molar-refractivity contribution < 1.29 is 18.8 Å². The Labute approximate surface area is 220 Å². The van der Waals surface area contributed by atoms with Crippen LogP contribution in [0.1, 0.15) is 36.0 Å². The van der Waals surface area contributed by atoms with Crippen molar-refractivity contribution in [3.8, 4) is 16.9 Å². The summed E-state index contributed by atoms with van der Waals surface area (Å²) in [4.78, 5) is 13.2. The van der Waals surface area contributed by atoms with Gasteiger partial charge < -0.3 is 19.3 Å². The van der Waals surface area contributed by atoms with E-state index >= 15 is 0 Å². The fourth-order valence-electron chi connectivity index (χ4n) is 5.32. The van der Waals surface area contributed by atoms with Crippen molar-refractivity contribution in [3.05, 3.63) is 89.0 Å². The van der Waals surface area contributed by atoms with Crippen LogP contribution in [-0.2, 0) is 16.1 Å². The first-order valence-electron chi connectivity index (χ1n) is 13.2. The van der Waals surface area contributed by atoms with Crippen molar-refractivity contribution in [1.29, 1.82) is 0 Å². The van der Waals surface area contributed by atoms with Crippen LogP contribution in [0.2, 0.25) is 0 Å². The van der Waals surface area contributed by atoms with Gasteiger partial charge in [-0.25, -0.2) is 0 Å². The molecule has 0 atom stereocenters. The molecule has 3 aromatic rings. The predicted molar refractivity (Wildman–Crippen MR) is 149 cm³/mol. The third-order valence-corrected chi connectivity index (χ3v) is 7.63. The van der Waals surface area contributed by atoms with Crippen LogP contribution >= 0.6 is 0 Å². The number of quaternary nitrogens is 1. The van der Waals surface area contributed by atoms with Gasteiger partial charge in [-0.2, -0.15) is 0 Å². The number of aryl methyl sites for hydroxylation is 1. The first kappa shape index (κ1) is 25.2. The normalized spacial score (nSPS) is 16.2. The zero-order valence-electron chi connectivity index (χ0n) is 22.1. The molecule has 0 aliphatic carbocycles. The lowest BCUT2D eigenvalue weighted by Gasteiger charge is -2.40. The van der Waals surface area contributed by atoms with Crippen LogP contribution in [0.25, 0.3) is 17.2 Å². The minimum atomic E-state index is -0.0803. The van der Waals surface area contributed by atoms with E-state index < -0.39 is 0 Å². The summed E-state index contributed by atoms with van der Waals surface area (Å²) in [6.07, 6.45) is 4.75. The molecule has 0 aromatic heterocycles. The second-order valence-electron chi connectivity index (χ2n) is 10.8. The van der Waals surface area contributed by atoms with E-state index in [2.05, 4.69) is 74.9 Å². The Kier molecular flexibility index (Phi) is 7.45. The summed E-state index contributed by atoms with van der Waals surface area (Å²) < 4.78 is 12.5. The molecule has 0 radical (unpaired) electrons. The van der Waals surface area contributed by atoms with Gasteiger partial charge in [0.25, 0.3) is 5.91 Å². The summed E-state index contributed by atoms with van der Waals surface area (Å²) in [6.45, 7) is 5.24. The van der Waals surface area contributed by atoms with Gasteiger partial charge in [-0.15, -0.1) is 0 Å². The molecule has 0 bridgehead atoms. The third kappa shape index (κ3) is 6.12. The van der Waals surface area contributed by atoms with Gasteiger partial charge in [-0.1, -0.05) is 48.0 Å². The predicted octanol–water partition coefficient (Wildman–Crippen LogP) is 6.22. The molecule has 2 heterocycles. The summed E-state index contributed by atoms with van der Waals surface area (Å²) in [6, 6.07) is 23.5. The van der Waals surface area contributed by atoms with Gasteiger partial charge in [0.2, 0.25) is 0 Å². The summed E-state index contributed by atoms with van der Waals surface area (Å²) in [5.41, 5.74) is 7.23. The number of nitrogens with one attached hydrogen (secondary N) is 1. The van der Waals surface area contributed by atoms with Crippen LogP contribution in [-0.4, -0.2) is 50.3 Å². The molecule has 5 rings (SSSR count). The highest BCUT2D eigenvalue weighted by atomic mass is 16.5.